The fourth-order valence-electron chi connectivity index (χ4n) is 1.64. The van der Waals surface area contributed by atoms with Gasteiger partial charge in [0.25, 0.3) is 0 Å². The van der Waals surface area contributed by atoms with Gasteiger partial charge in [0, 0.05) is 0 Å². The number of hydrogen-bond acceptors (Lipinski definition) is 0. The average Bonchev–Trinajstić information content (AvgIpc) is 1.94. The smallest absolute Gasteiger partial charge is 0.0168 e. The summed E-state index contributed by atoms with van der Waals surface area (Å²) in [4.78, 5) is 0. The normalized spacial score (nSPS) is 31.4. The van der Waals surface area contributed by atoms with E-state index in [0.29, 0.717) is 0 Å². The monoisotopic (exact) mass is 150 g/mol. The zero-order chi connectivity index (χ0) is 8.43. The summed E-state index contributed by atoms with van der Waals surface area (Å²) in [7, 11) is 0. The van der Waals surface area contributed by atoms with Gasteiger partial charge in [-0.15, -0.1) is 0 Å². The topological polar surface area (TPSA) is 0 Å². The van der Waals surface area contributed by atoms with Gasteiger partial charge in [-0.2, -0.15) is 0 Å². The maximum Gasteiger partial charge on any atom is -0.0168 e. The van der Waals surface area contributed by atoms with Crippen LogP contribution in [0.4, 0.5) is 0 Å². The van der Waals surface area contributed by atoms with Gasteiger partial charge >= 0.3 is 0 Å². The van der Waals surface area contributed by atoms with E-state index in [-0.39, 0.29) is 0 Å². The molecule has 0 aromatic carbocycles. The Labute approximate surface area is 70.0 Å². The molecule has 62 valence electrons. The molecule has 0 bridgehead atoms. The van der Waals surface area contributed by atoms with Crippen LogP contribution in [0.3, 0.4) is 0 Å². The quantitative estimate of drug-likeness (QED) is 0.501. The molecule has 0 radical (unpaired) electrons. The third-order valence-electron chi connectivity index (χ3n) is 2.84. The number of hydrogen-bond donors (Lipinski definition) is 0. The molecule has 0 spiro atoms. The molecule has 0 aromatic heterocycles. The standard InChI is InChI=1S/C11H18/c1-8(2)11-6-5-9(3)10(4)7-11/h5,10-11H,1,6-7H2,2-4H3/t10-,11-/m1/s1. The molecule has 0 saturated carbocycles. The Balaban J connectivity index is 2.62. The molecule has 0 amide bonds. The summed E-state index contributed by atoms with van der Waals surface area (Å²) in [5.41, 5.74) is 2.91. The first-order valence-corrected chi connectivity index (χ1v) is 4.43. The van der Waals surface area contributed by atoms with Gasteiger partial charge in [0.1, 0.15) is 0 Å². The van der Waals surface area contributed by atoms with Crippen molar-refractivity contribution in [1.29, 1.82) is 0 Å². The maximum atomic E-state index is 4.01. The molecule has 0 heterocycles. The second kappa shape index (κ2) is 3.25. The first-order chi connectivity index (χ1) is 5.11. The van der Waals surface area contributed by atoms with Gasteiger partial charge in [-0.05, 0) is 38.5 Å². The van der Waals surface area contributed by atoms with E-state index in [4.69, 9.17) is 0 Å². The Morgan fingerprint density at radius 3 is 2.73 bits per heavy atom. The van der Waals surface area contributed by atoms with Crippen molar-refractivity contribution in [1.82, 2.24) is 0 Å². The predicted molar refractivity (Wildman–Crippen MR) is 50.5 cm³/mol. The molecular weight excluding hydrogens is 132 g/mol. The summed E-state index contributed by atoms with van der Waals surface area (Å²) < 4.78 is 0. The summed E-state index contributed by atoms with van der Waals surface area (Å²) in [6, 6.07) is 0. The van der Waals surface area contributed by atoms with E-state index in [1.807, 2.05) is 0 Å². The zero-order valence-electron chi connectivity index (χ0n) is 7.85. The summed E-state index contributed by atoms with van der Waals surface area (Å²) in [5.74, 6) is 1.51. The Morgan fingerprint density at radius 1 is 1.64 bits per heavy atom. The van der Waals surface area contributed by atoms with Crippen molar-refractivity contribution in [2.45, 2.75) is 33.6 Å². The molecule has 0 heteroatoms. The second-order valence-corrected chi connectivity index (χ2v) is 3.86. The molecule has 0 N–H and O–H groups in total. The highest BCUT2D eigenvalue weighted by Crippen LogP contribution is 2.31. The van der Waals surface area contributed by atoms with Crippen LogP contribution in [0.5, 0.6) is 0 Å². The van der Waals surface area contributed by atoms with Crippen LogP contribution in [0.25, 0.3) is 0 Å². The van der Waals surface area contributed by atoms with Crippen molar-refractivity contribution in [2.24, 2.45) is 11.8 Å². The van der Waals surface area contributed by atoms with Crippen LogP contribution in [-0.4, -0.2) is 0 Å². The van der Waals surface area contributed by atoms with E-state index < -0.39 is 0 Å². The van der Waals surface area contributed by atoms with Gasteiger partial charge in [-0.25, -0.2) is 0 Å². The fraction of sp³-hybridized carbons (Fsp3) is 0.636. The van der Waals surface area contributed by atoms with Crippen LogP contribution in [0.1, 0.15) is 33.6 Å². The fourth-order valence-corrected chi connectivity index (χ4v) is 1.64. The third kappa shape index (κ3) is 1.95. The van der Waals surface area contributed by atoms with Crippen LogP contribution < -0.4 is 0 Å². The molecule has 1 aliphatic rings. The van der Waals surface area contributed by atoms with Gasteiger partial charge in [0.15, 0.2) is 0 Å². The van der Waals surface area contributed by atoms with Crippen LogP contribution in [0.15, 0.2) is 23.8 Å². The highest BCUT2D eigenvalue weighted by atomic mass is 14.2. The lowest BCUT2D eigenvalue weighted by Crippen LogP contribution is -2.12. The Kier molecular flexibility index (Phi) is 2.53. The Bertz CT molecular complexity index is 186. The minimum absolute atomic E-state index is 0.744. The Morgan fingerprint density at radius 2 is 2.27 bits per heavy atom. The number of allylic oxidation sites excluding steroid dienone is 3. The van der Waals surface area contributed by atoms with E-state index in [1.165, 1.54) is 18.4 Å². The molecule has 0 nitrogen and oxygen atoms in total. The molecule has 0 aliphatic heterocycles. The lowest BCUT2D eigenvalue weighted by atomic mass is 9.80. The van der Waals surface area contributed by atoms with Crippen molar-refractivity contribution in [3.05, 3.63) is 23.8 Å². The van der Waals surface area contributed by atoms with Crippen molar-refractivity contribution >= 4 is 0 Å². The maximum absolute atomic E-state index is 4.01. The zero-order valence-corrected chi connectivity index (χ0v) is 7.85. The van der Waals surface area contributed by atoms with E-state index in [1.54, 1.807) is 5.57 Å². The molecule has 11 heavy (non-hydrogen) atoms. The largest absolute Gasteiger partial charge is 0.0998 e. The highest BCUT2D eigenvalue weighted by molar-refractivity contribution is 5.12. The predicted octanol–water partition coefficient (Wildman–Crippen LogP) is 3.55. The van der Waals surface area contributed by atoms with E-state index in [0.717, 1.165) is 11.8 Å². The van der Waals surface area contributed by atoms with E-state index >= 15 is 0 Å². The molecule has 1 rings (SSSR count). The first-order valence-electron chi connectivity index (χ1n) is 4.43. The summed E-state index contributed by atoms with van der Waals surface area (Å²) in [6.45, 7) is 10.7. The second-order valence-electron chi connectivity index (χ2n) is 3.86. The molecule has 2 atom stereocenters. The number of rotatable bonds is 1. The highest BCUT2D eigenvalue weighted by Gasteiger charge is 2.18. The molecule has 0 saturated heterocycles. The van der Waals surface area contributed by atoms with E-state index in [2.05, 4.69) is 33.4 Å². The minimum atomic E-state index is 0.744. The lowest BCUT2D eigenvalue weighted by molar-refractivity contribution is 0.450. The van der Waals surface area contributed by atoms with Crippen molar-refractivity contribution in [2.75, 3.05) is 0 Å². The van der Waals surface area contributed by atoms with Crippen LogP contribution in [0.2, 0.25) is 0 Å². The van der Waals surface area contributed by atoms with Crippen LogP contribution >= 0.6 is 0 Å². The van der Waals surface area contributed by atoms with Gasteiger partial charge in [-0.3, -0.25) is 0 Å². The van der Waals surface area contributed by atoms with Crippen LogP contribution in [0, 0.1) is 11.8 Å². The average molecular weight is 150 g/mol. The van der Waals surface area contributed by atoms with Crippen molar-refractivity contribution in [3.63, 3.8) is 0 Å². The summed E-state index contributed by atoms with van der Waals surface area (Å²) in [6.07, 6.45) is 4.89. The first kappa shape index (κ1) is 8.58. The SMILES string of the molecule is C=C(C)[C@@H]1CC=C(C)[C@H](C)C1. The summed E-state index contributed by atoms with van der Waals surface area (Å²) in [5, 5.41) is 0. The molecule has 0 fully saturated rings. The minimum Gasteiger partial charge on any atom is -0.0998 e. The van der Waals surface area contributed by atoms with E-state index in [9.17, 15) is 0 Å². The molecule has 0 unspecified atom stereocenters. The van der Waals surface area contributed by atoms with Gasteiger partial charge < -0.3 is 0 Å². The lowest BCUT2D eigenvalue weighted by Gasteiger charge is -2.26. The van der Waals surface area contributed by atoms with Gasteiger partial charge in [-0.1, -0.05) is 30.7 Å². The molecule has 1 aliphatic carbocycles. The van der Waals surface area contributed by atoms with Gasteiger partial charge in [0.05, 0.1) is 0 Å². The Hall–Kier alpha value is -0.520. The third-order valence-corrected chi connectivity index (χ3v) is 2.84. The van der Waals surface area contributed by atoms with Crippen LogP contribution in [-0.2, 0) is 0 Å². The summed E-state index contributed by atoms with van der Waals surface area (Å²) >= 11 is 0. The molecular formula is C11H18. The molecule has 0 aromatic rings. The van der Waals surface area contributed by atoms with Gasteiger partial charge in [0.2, 0.25) is 0 Å². The van der Waals surface area contributed by atoms with Crippen molar-refractivity contribution < 1.29 is 0 Å². The van der Waals surface area contributed by atoms with Crippen molar-refractivity contribution in [3.8, 4) is 0 Å².